The average Bonchev–Trinajstić information content (AvgIpc) is 3.18. The zero-order valence-corrected chi connectivity index (χ0v) is 18.4. The molecule has 4 aliphatic rings. The van der Waals surface area contributed by atoms with Crippen molar-refractivity contribution in [3.63, 3.8) is 0 Å². The third-order valence-corrected chi connectivity index (χ3v) is 8.30. The minimum atomic E-state index is -0.312. The highest BCUT2D eigenvalue weighted by atomic mass is 79.9. The van der Waals surface area contributed by atoms with Gasteiger partial charge in [0.15, 0.2) is 5.65 Å². The van der Waals surface area contributed by atoms with Gasteiger partial charge in [-0.1, -0.05) is 6.42 Å². The largest absolute Gasteiger partial charge is 0.378 e. The summed E-state index contributed by atoms with van der Waals surface area (Å²) in [6.07, 6.45) is 8.82. The van der Waals surface area contributed by atoms with E-state index < -0.39 is 0 Å². The van der Waals surface area contributed by atoms with Crippen molar-refractivity contribution in [2.45, 2.75) is 44.8 Å². The summed E-state index contributed by atoms with van der Waals surface area (Å²) in [6.45, 7) is 5.88. The van der Waals surface area contributed by atoms with E-state index in [2.05, 4.69) is 36.1 Å². The first-order valence-corrected chi connectivity index (χ1v) is 11.9. The van der Waals surface area contributed by atoms with Gasteiger partial charge >= 0.3 is 0 Å². The van der Waals surface area contributed by atoms with Crippen LogP contribution in [-0.4, -0.2) is 70.1 Å². The quantitative estimate of drug-likeness (QED) is 0.727. The summed E-state index contributed by atoms with van der Waals surface area (Å²) in [5.74, 6) is 1.49. The monoisotopic (exact) mass is 460 g/mol. The number of aliphatic hydroxyl groups excluding tert-OH is 1. The first-order chi connectivity index (χ1) is 14.1. The van der Waals surface area contributed by atoms with Crippen molar-refractivity contribution in [1.29, 1.82) is 0 Å². The van der Waals surface area contributed by atoms with Crippen LogP contribution in [0.5, 0.6) is 0 Å². The van der Waals surface area contributed by atoms with Crippen LogP contribution in [0.15, 0.2) is 10.7 Å². The lowest BCUT2D eigenvalue weighted by Crippen LogP contribution is -2.57. The van der Waals surface area contributed by atoms with E-state index in [1.165, 1.54) is 42.8 Å². The number of hydrogen-bond acceptors (Lipinski definition) is 6. The molecule has 1 saturated carbocycles. The number of fused-ring (bicyclic) bond motifs is 2. The van der Waals surface area contributed by atoms with Gasteiger partial charge in [-0.15, -0.1) is 0 Å². The third kappa shape index (κ3) is 2.94. The molecule has 7 nitrogen and oxygen atoms in total. The van der Waals surface area contributed by atoms with Gasteiger partial charge in [-0.05, 0) is 53.6 Å². The second kappa shape index (κ2) is 6.90. The molecule has 29 heavy (non-hydrogen) atoms. The standard InChI is InChI=1S/C21H29BrN6O/c22-16-10-24-28-18(16)25-17-3-8-23-7-2-15(17)19(28)27-11-14(12-27)20(29)26-9-6-21(13-26)4-1-5-21/h10,14,20,23,29H,1-9,11-13H2. The lowest BCUT2D eigenvalue weighted by atomic mass is 9.68. The van der Waals surface area contributed by atoms with Gasteiger partial charge in [0.2, 0.25) is 0 Å². The van der Waals surface area contributed by atoms with Crippen molar-refractivity contribution < 1.29 is 5.11 Å². The summed E-state index contributed by atoms with van der Waals surface area (Å²) in [5.41, 5.74) is 3.94. The highest BCUT2D eigenvalue weighted by Gasteiger charge is 2.47. The Morgan fingerprint density at radius 3 is 2.79 bits per heavy atom. The summed E-state index contributed by atoms with van der Waals surface area (Å²) in [4.78, 5) is 9.66. The predicted octanol–water partition coefficient (Wildman–Crippen LogP) is 1.81. The topological polar surface area (TPSA) is 68.9 Å². The van der Waals surface area contributed by atoms with Crippen LogP contribution in [0.3, 0.4) is 0 Å². The predicted molar refractivity (Wildman–Crippen MR) is 115 cm³/mol. The Hall–Kier alpha value is -1.22. The van der Waals surface area contributed by atoms with Crippen molar-refractivity contribution in [3.8, 4) is 0 Å². The van der Waals surface area contributed by atoms with E-state index in [1.807, 2.05) is 10.7 Å². The lowest BCUT2D eigenvalue weighted by Gasteiger charge is -2.46. The molecule has 5 heterocycles. The molecule has 2 saturated heterocycles. The van der Waals surface area contributed by atoms with Gasteiger partial charge in [-0.25, -0.2) is 4.98 Å². The molecular weight excluding hydrogens is 432 g/mol. The molecule has 6 rings (SSSR count). The second-order valence-corrected chi connectivity index (χ2v) is 10.3. The van der Waals surface area contributed by atoms with Gasteiger partial charge in [0.1, 0.15) is 12.0 Å². The average molecular weight is 461 g/mol. The smallest absolute Gasteiger partial charge is 0.171 e. The summed E-state index contributed by atoms with van der Waals surface area (Å²) in [7, 11) is 0. The number of nitrogens with zero attached hydrogens (tertiary/aromatic N) is 5. The molecule has 2 N–H and O–H groups in total. The summed E-state index contributed by atoms with van der Waals surface area (Å²) in [5, 5.41) is 19.1. The summed E-state index contributed by atoms with van der Waals surface area (Å²) in [6, 6.07) is 0. The molecule has 0 aromatic carbocycles. The molecule has 0 radical (unpaired) electrons. The number of rotatable bonds is 3. The van der Waals surface area contributed by atoms with Gasteiger partial charge in [-0.3, -0.25) is 4.90 Å². The van der Waals surface area contributed by atoms with Gasteiger partial charge in [0, 0.05) is 50.6 Å². The maximum atomic E-state index is 11.0. The molecular formula is C21H29BrN6O. The van der Waals surface area contributed by atoms with Crippen LogP contribution in [0, 0.1) is 11.3 Å². The van der Waals surface area contributed by atoms with Crippen LogP contribution in [0.1, 0.15) is 36.9 Å². The molecule has 1 spiro atoms. The molecule has 0 amide bonds. The third-order valence-electron chi connectivity index (χ3n) is 7.74. The Balaban J connectivity index is 1.24. The van der Waals surface area contributed by atoms with Crippen molar-refractivity contribution in [2.24, 2.45) is 11.3 Å². The fourth-order valence-corrected chi connectivity index (χ4v) is 6.16. The van der Waals surface area contributed by atoms with E-state index in [-0.39, 0.29) is 6.23 Å². The van der Waals surface area contributed by atoms with E-state index in [0.717, 1.165) is 62.2 Å². The number of anilines is 1. The first kappa shape index (κ1) is 18.5. The number of aromatic nitrogens is 3. The Kier molecular flexibility index (Phi) is 4.41. The molecule has 1 unspecified atom stereocenters. The number of aliphatic hydroxyl groups is 1. The van der Waals surface area contributed by atoms with Crippen molar-refractivity contribution in [3.05, 3.63) is 21.9 Å². The fraction of sp³-hybridized carbons (Fsp3) is 0.714. The Morgan fingerprint density at radius 2 is 2.03 bits per heavy atom. The molecule has 0 bridgehead atoms. The van der Waals surface area contributed by atoms with E-state index in [4.69, 9.17) is 4.98 Å². The fourth-order valence-electron chi connectivity index (χ4n) is 5.82. The van der Waals surface area contributed by atoms with Crippen LogP contribution in [-0.2, 0) is 12.8 Å². The van der Waals surface area contributed by atoms with Crippen LogP contribution in [0.25, 0.3) is 5.65 Å². The number of nitrogens with one attached hydrogen (secondary N) is 1. The second-order valence-electron chi connectivity index (χ2n) is 9.49. The van der Waals surface area contributed by atoms with Crippen molar-refractivity contribution in [1.82, 2.24) is 24.8 Å². The van der Waals surface area contributed by atoms with E-state index in [1.54, 1.807) is 0 Å². The van der Waals surface area contributed by atoms with Gasteiger partial charge in [0.25, 0.3) is 0 Å². The molecule has 8 heteroatoms. The first-order valence-electron chi connectivity index (χ1n) is 11.1. The summed E-state index contributed by atoms with van der Waals surface area (Å²) >= 11 is 3.61. The van der Waals surface area contributed by atoms with E-state index in [9.17, 15) is 5.11 Å². The molecule has 3 fully saturated rings. The number of likely N-dealkylation sites (tertiary alicyclic amines) is 1. The lowest BCUT2D eigenvalue weighted by molar-refractivity contribution is -0.0458. The maximum absolute atomic E-state index is 11.0. The SMILES string of the molecule is OC(C1CN(c2c3c(nc4c(Br)cnn24)CCNCC3)C1)N1CCC2(CCC2)C1. The minimum Gasteiger partial charge on any atom is -0.378 e. The molecule has 2 aromatic heterocycles. The zero-order valence-electron chi connectivity index (χ0n) is 16.8. The molecule has 156 valence electrons. The van der Waals surface area contributed by atoms with Crippen molar-refractivity contribution in [2.75, 3.05) is 44.2 Å². The minimum absolute atomic E-state index is 0.312. The van der Waals surface area contributed by atoms with Crippen molar-refractivity contribution >= 4 is 27.4 Å². The Morgan fingerprint density at radius 1 is 1.21 bits per heavy atom. The highest BCUT2D eigenvalue weighted by molar-refractivity contribution is 9.10. The van der Waals surface area contributed by atoms with E-state index >= 15 is 0 Å². The van der Waals surface area contributed by atoms with Gasteiger partial charge in [0.05, 0.1) is 16.4 Å². The van der Waals surface area contributed by atoms with E-state index in [0.29, 0.717) is 11.3 Å². The van der Waals surface area contributed by atoms with Gasteiger partial charge < -0.3 is 15.3 Å². The highest BCUT2D eigenvalue weighted by Crippen LogP contribution is 2.49. The van der Waals surface area contributed by atoms with Crippen LogP contribution in [0.4, 0.5) is 5.82 Å². The normalized spacial score (nSPS) is 25.7. The maximum Gasteiger partial charge on any atom is 0.171 e. The van der Waals surface area contributed by atoms with Crippen LogP contribution >= 0.6 is 15.9 Å². The Labute approximate surface area is 179 Å². The number of halogens is 1. The molecule has 1 atom stereocenters. The zero-order chi connectivity index (χ0) is 19.6. The number of hydrogen-bond donors (Lipinski definition) is 2. The summed E-state index contributed by atoms with van der Waals surface area (Å²) < 4.78 is 2.94. The van der Waals surface area contributed by atoms with Crippen LogP contribution < -0.4 is 10.2 Å². The molecule has 1 aliphatic carbocycles. The Bertz CT molecular complexity index is 935. The molecule has 3 aliphatic heterocycles. The van der Waals surface area contributed by atoms with Crippen LogP contribution in [0.2, 0.25) is 0 Å². The molecule has 2 aromatic rings. The van der Waals surface area contributed by atoms with Gasteiger partial charge in [-0.2, -0.15) is 9.61 Å².